The Morgan fingerprint density at radius 2 is 1.32 bits per heavy atom. The molecule has 0 bridgehead atoms. The van der Waals surface area contributed by atoms with Crippen molar-refractivity contribution in [2.45, 2.75) is 19.3 Å². The highest BCUT2D eigenvalue weighted by Gasteiger charge is 2.24. The second kappa shape index (κ2) is 10.2. The van der Waals surface area contributed by atoms with Gasteiger partial charge in [-0.2, -0.15) is 9.97 Å². The Kier molecular flexibility index (Phi) is 5.75. The number of nitrogens with zero attached hydrogens (tertiary/aromatic N) is 4. The first-order valence-electron chi connectivity index (χ1n) is 16.1. The van der Waals surface area contributed by atoms with Crippen LogP contribution in [0.15, 0.2) is 127 Å². The molecule has 0 aliphatic heterocycles. The molecule has 1 unspecified atom stereocenters. The summed E-state index contributed by atoms with van der Waals surface area (Å²) < 4.78 is 4.96. The van der Waals surface area contributed by atoms with E-state index in [4.69, 9.17) is 15.0 Å². The van der Waals surface area contributed by atoms with Crippen molar-refractivity contribution < 1.29 is 0 Å². The van der Waals surface area contributed by atoms with Crippen molar-refractivity contribution in [3.05, 3.63) is 139 Å². The molecule has 0 N–H and O–H groups in total. The van der Waals surface area contributed by atoms with Crippen molar-refractivity contribution >= 4 is 70.2 Å². The maximum atomic E-state index is 5.19. The van der Waals surface area contributed by atoms with Gasteiger partial charge in [0.15, 0.2) is 11.6 Å². The maximum absolute atomic E-state index is 5.19. The third kappa shape index (κ3) is 4.03. The highest BCUT2D eigenvalue weighted by atomic mass is 32.1. The molecule has 222 valence electrons. The van der Waals surface area contributed by atoms with Gasteiger partial charge in [-0.3, -0.25) is 4.57 Å². The summed E-state index contributed by atoms with van der Waals surface area (Å²) in [6, 6.07) is 42.9. The Hall–Kier alpha value is -5.65. The molecular weight excluding hydrogens is 593 g/mol. The van der Waals surface area contributed by atoms with Crippen molar-refractivity contribution in [3.63, 3.8) is 0 Å². The van der Waals surface area contributed by atoms with Gasteiger partial charge in [-0.1, -0.05) is 116 Å². The van der Waals surface area contributed by atoms with Crippen molar-refractivity contribution in [2.75, 3.05) is 0 Å². The van der Waals surface area contributed by atoms with Crippen LogP contribution in [0.1, 0.15) is 30.4 Å². The Morgan fingerprint density at radius 1 is 0.638 bits per heavy atom. The van der Waals surface area contributed by atoms with E-state index in [0.717, 1.165) is 28.6 Å². The molecule has 3 aromatic heterocycles. The largest absolute Gasteiger partial charge is 0.278 e. The molecular formula is C42H28N4S. The van der Waals surface area contributed by atoms with E-state index in [1.54, 1.807) is 0 Å². The molecule has 0 saturated carbocycles. The van der Waals surface area contributed by atoms with Gasteiger partial charge >= 0.3 is 0 Å². The molecule has 4 nitrogen and oxygen atoms in total. The minimum atomic E-state index is 0.491. The number of aromatic nitrogens is 4. The Bertz CT molecular complexity index is 2660. The van der Waals surface area contributed by atoms with Gasteiger partial charge in [0.25, 0.3) is 0 Å². The fraction of sp³-hybridized carbons (Fsp3) is 0.0714. The molecule has 47 heavy (non-hydrogen) atoms. The minimum Gasteiger partial charge on any atom is -0.278 e. The zero-order valence-corrected chi connectivity index (χ0v) is 26.5. The van der Waals surface area contributed by atoms with E-state index in [1.165, 1.54) is 52.8 Å². The van der Waals surface area contributed by atoms with Gasteiger partial charge in [-0.25, -0.2) is 4.98 Å². The number of hydrogen-bond acceptors (Lipinski definition) is 4. The van der Waals surface area contributed by atoms with Crippen LogP contribution < -0.4 is 0 Å². The van der Waals surface area contributed by atoms with Gasteiger partial charge < -0.3 is 0 Å². The lowest BCUT2D eigenvalue weighted by Gasteiger charge is -2.18. The molecule has 3 heterocycles. The minimum absolute atomic E-state index is 0.491. The van der Waals surface area contributed by atoms with Crippen LogP contribution >= 0.6 is 11.3 Å². The maximum Gasteiger partial charge on any atom is 0.238 e. The molecule has 0 amide bonds. The van der Waals surface area contributed by atoms with E-state index in [9.17, 15) is 0 Å². The van der Waals surface area contributed by atoms with E-state index in [1.807, 2.05) is 47.7 Å². The summed E-state index contributed by atoms with van der Waals surface area (Å²) in [4.78, 5) is 15.4. The SMILES string of the molecule is CC1CC=Cc2ccc3c(sc4ccc5c(c6cc7ccccc7cc6n5-c5nc(-c6ccccc6)nc(-c6ccccc6)n5)c43)c21. The Morgan fingerprint density at radius 3 is 2.04 bits per heavy atom. The lowest BCUT2D eigenvalue weighted by molar-refractivity contribution is 0.780. The summed E-state index contributed by atoms with van der Waals surface area (Å²) in [5.41, 5.74) is 6.92. The first kappa shape index (κ1) is 26.6. The van der Waals surface area contributed by atoms with Crippen LogP contribution in [0.4, 0.5) is 0 Å². The molecule has 0 fully saturated rings. The first-order valence-corrected chi connectivity index (χ1v) is 16.9. The third-order valence-electron chi connectivity index (χ3n) is 9.64. The van der Waals surface area contributed by atoms with Crippen LogP contribution in [0, 0.1) is 0 Å². The third-order valence-corrected chi connectivity index (χ3v) is 10.8. The first-order chi connectivity index (χ1) is 23.2. The number of fused-ring (bicyclic) bond motifs is 10. The zero-order valence-electron chi connectivity index (χ0n) is 25.7. The van der Waals surface area contributed by atoms with Gasteiger partial charge in [0.05, 0.1) is 11.0 Å². The lowest BCUT2D eigenvalue weighted by Crippen LogP contribution is -2.06. The monoisotopic (exact) mass is 620 g/mol. The summed E-state index contributed by atoms with van der Waals surface area (Å²) in [5, 5.41) is 7.50. The zero-order chi connectivity index (χ0) is 31.1. The molecule has 0 saturated heterocycles. The molecule has 1 aliphatic rings. The predicted octanol–water partition coefficient (Wildman–Crippen LogP) is 11.3. The lowest BCUT2D eigenvalue weighted by atomic mass is 9.87. The van der Waals surface area contributed by atoms with E-state index in [0.29, 0.717) is 23.5 Å². The van der Waals surface area contributed by atoms with Gasteiger partial charge in [0.2, 0.25) is 5.95 Å². The summed E-state index contributed by atoms with van der Waals surface area (Å²) in [5.74, 6) is 2.41. The number of benzene rings is 6. The van der Waals surface area contributed by atoms with Gasteiger partial charge in [-0.05, 0) is 58.5 Å². The quantitative estimate of drug-likeness (QED) is 0.197. The highest BCUT2D eigenvalue weighted by molar-refractivity contribution is 7.26. The van der Waals surface area contributed by atoms with Crippen molar-refractivity contribution in [1.29, 1.82) is 0 Å². The fourth-order valence-corrected chi connectivity index (χ4v) is 8.82. The molecule has 5 heteroatoms. The number of rotatable bonds is 3. The second-order valence-electron chi connectivity index (χ2n) is 12.5. The van der Waals surface area contributed by atoms with E-state index in [2.05, 4.69) is 109 Å². The smallest absolute Gasteiger partial charge is 0.238 e. The van der Waals surface area contributed by atoms with E-state index >= 15 is 0 Å². The van der Waals surface area contributed by atoms with Crippen molar-refractivity contribution in [3.8, 4) is 28.7 Å². The van der Waals surface area contributed by atoms with Gasteiger partial charge in [0.1, 0.15) is 0 Å². The standard InChI is InChI=1S/C42H28N4S/c1-25-11-10-18-26-19-20-31-38-35(47-39(31)36(25)26)22-21-33-37(38)32-23-29-16-8-9-17-30(29)24-34(32)46(33)42-44-40(27-12-4-2-5-13-27)43-41(45-42)28-14-6-3-7-15-28/h2-10,12-25H,11H2,1H3. The predicted molar refractivity (Wildman–Crippen MR) is 197 cm³/mol. The average molecular weight is 621 g/mol. The van der Waals surface area contributed by atoms with Crippen LogP contribution in [0.3, 0.4) is 0 Å². The molecule has 1 aliphatic carbocycles. The highest BCUT2D eigenvalue weighted by Crippen LogP contribution is 2.47. The second-order valence-corrected chi connectivity index (χ2v) is 13.5. The number of hydrogen-bond donors (Lipinski definition) is 0. The normalized spacial score (nSPS) is 14.5. The number of allylic oxidation sites excluding steroid dienone is 1. The van der Waals surface area contributed by atoms with Crippen LogP contribution in [-0.4, -0.2) is 19.5 Å². The summed E-state index contributed by atoms with van der Waals surface area (Å²) >= 11 is 1.93. The summed E-state index contributed by atoms with van der Waals surface area (Å²) in [6.07, 6.45) is 5.68. The van der Waals surface area contributed by atoms with Crippen LogP contribution in [0.25, 0.3) is 87.6 Å². The van der Waals surface area contributed by atoms with Crippen LogP contribution in [0.5, 0.6) is 0 Å². The topological polar surface area (TPSA) is 43.6 Å². The molecule has 6 aromatic carbocycles. The molecule has 10 rings (SSSR count). The molecule has 9 aromatic rings. The van der Waals surface area contributed by atoms with E-state index < -0.39 is 0 Å². The summed E-state index contributed by atoms with van der Waals surface area (Å²) in [6.45, 7) is 2.36. The molecule has 0 spiro atoms. The van der Waals surface area contributed by atoms with E-state index in [-0.39, 0.29) is 0 Å². The van der Waals surface area contributed by atoms with Crippen molar-refractivity contribution in [2.24, 2.45) is 0 Å². The van der Waals surface area contributed by atoms with Crippen LogP contribution in [0.2, 0.25) is 0 Å². The Labute approximate surface area is 275 Å². The van der Waals surface area contributed by atoms with Crippen LogP contribution in [-0.2, 0) is 0 Å². The Balaban J connectivity index is 1.36. The van der Waals surface area contributed by atoms with Gasteiger partial charge in [0, 0.05) is 42.1 Å². The molecule has 1 atom stereocenters. The number of thiophene rings is 1. The molecule has 0 radical (unpaired) electrons. The summed E-state index contributed by atoms with van der Waals surface area (Å²) in [7, 11) is 0. The van der Waals surface area contributed by atoms with Gasteiger partial charge in [-0.15, -0.1) is 11.3 Å². The van der Waals surface area contributed by atoms with Crippen molar-refractivity contribution in [1.82, 2.24) is 19.5 Å². The fourth-order valence-electron chi connectivity index (χ4n) is 7.44. The average Bonchev–Trinajstić information content (AvgIpc) is 3.66.